The van der Waals surface area contributed by atoms with Crippen LogP contribution in [0.15, 0.2) is 63.7 Å². The number of hydrogen-bond acceptors (Lipinski definition) is 1. The minimum Gasteiger partial charge on any atom is -0.329 e. The Bertz CT molecular complexity index is 986. The van der Waals surface area contributed by atoms with Crippen molar-refractivity contribution in [3.63, 3.8) is 0 Å². The van der Waals surface area contributed by atoms with Crippen molar-refractivity contribution in [1.29, 1.82) is 5.26 Å². The summed E-state index contributed by atoms with van der Waals surface area (Å²) in [5.41, 5.74) is 0.487. The standard InChI is InChI=1S/C19H11Br2F3N2/c20-16-14(10-25)17(13-8-4-5-9-15(13)19(22,23)24)26(18(16)21)11-12-6-2-1-3-7-12/h1-9H,11H2. The molecule has 1 aromatic heterocycles. The van der Waals surface area contributed by atoms with Crippen LogP contribution in [0.2, 0.25) is 0 Å². The fraction of sp³-hybridized carbons (Fsp3) is 0.105. The zero-order valence-electron chi connectivity index (χ0n) is 13.2. The summed E-state index contributed by atoms with van der Waals surface area (Å²) in [6.45, 7) is 0.323. The van der Waals surface area contributed by atoms with E-state index in [9.17, 15) is 18.4 Å². The van der Waals surface area contributed by atoms with Gasteiger partial charge in [-0.2, -0.15) is 18.4 Å². The molecular formula is C19H11Br2F3N2. The molecule has 26 heavy (non-hydrogen) atoms. The van der Waals surface area contributed by atoms with Gasteiger partial charge in [-0.25, -0.2) is 0 Å². The van der Waals surface area contributed by atoms with Crippen LogP contribution in [-0.4, -0.2) is 4.57 Å². The number of nitriles is 1. The van der Waals surface area contributed by atoms with Crippen LogP contribution in [0.5, 0.6) is 0 Å². The van der Waals surface area contributed by atoms with Crippen molar-refractivity contribution in [3.05, 3.63) is 80.4 Å². The summed E-state index contributed by atoms with van der Waals surface area (Å²) in [5, 5.41) is 9.56. The maximum absolute atomic E-state index is 13.5. The smallest absolute Gasteiger partial charge is 0.329 e. The van der Waals surface area contributed by atoms with E-state index in [0.717, 1.165) is 11.6 Å². The molecule has 0 aliphatic rings. The van der Waals surface area contributed by atoms with Crippen molar-refractivity contribution in [3.8, 4) is 17.3 Å². The molecule has 0 atom stereocenters. The summed E-state index contributed by atoms with van der Waals surface area (Å²) in [5.74, 6) is 0. The Labute approximate surface area is 165 Å². The van der Waals surface area contributed by atoms with E-state index in [1.807, 2.05) is 36.4 Å². The summed E-state index contributed by atoms with van der Waals surface area (Å²) in [6.07, 6.45) is -4.52. The first-order valence-corrected chi connectivity index (χ1v) is 9.11. The first-order valence-electron chi connectivity index (χ1n) is 7.52. The van der Waals surface area contributed by atoms with Crippen molar-refractivity contribution < 1.29 is 13.2 Å². The molecule has 1 heterocycles. The van der Waals surface area contributed by atoms with E-state index in [-0.39, 0.29) is 16.8 Å². The lowest BCUT2D eigenvalue weighted by Crippen LogP contribution is -2.10. The molecule has 0 saturated carbocycles. The maximum Gasteiger partial charge on any atom is 0.417 e. The topological polar surface area (TPSA) is 28.7 Å². The first kappa shape index (κ1) is 18.7. The van der Waals surface area contributed by atoms with E-state index < -0.39 is 11.7 Å². The normalized spacial score (nSPS) is 11.4. The molecule has 0 bridgehead atoms. The van der Waals surface area contributed by atoms with Gasteiger partial charge in [0.2, 0.25) is 0 Å². The van der Waals surface area contributed by atoms with Gasteiger partial charge in [-0.1, -0.05) is 48.5 Å². The highest BCUT2D eigenvalue weighted by Gasteiger charge is 2.35. The molecule has 0 aliphatic heterocycles. The lowest BCUT2D eigenvalue weighted by molar-refractivity contribution is -0.137. The fourth-order valence-corrected chi connectivity index (χ4v) is 3.78. The Hall–Kier alpha value is -2.04. The fourth-order valence-electron chi connectivity index (χ4n) is 2.79. The summed E-state index contributed by atoms with van der Waals surface area (Å²) < 4.78 is 43.2. The second-order valence-electron chi connectivity index (χ2n) is 5.56. The minimum atomic E-state index is -4.52. The summed E-state index contributed by atoms with van der Waals surface area (Å²) in [7, 11) is 0. The van der Waals surface area contributed by atoms with Gasteiger partial charge in [0.05, 0.1) is 21.3 Å². The van der Waals surface area contributed by atoms with Gasteiger partial charge in [0.15, 0.2) is 0 Å². The second kappa shape index (κ2) is 7.29. The first-order chi connectivity index (χ1) is 12.3. The van der Waals surface area contributed by atoms with Gasteiger partial charge in [0.1, 0.15) is 10.7 Å². The molecular weight excluding hydrogens is 473 g/mol. The highest BCUT2D eigenvalue weighted by molar-refractivity contribution is 9.13. The highest BCUT2D eigenvalue weighted by Crippen LogP contribution is 2.43. The number of nitrogens with zero attached hydrogens (tertiary/aromatic N) is 2. The Morgan fingerprint density at radius 3 is 2.19 bits per heavy atom. The quantitative estimate of drug-likeness (QED) is 0.411. The molecule has 132 valence electrons. The summed E-state index contributed by atoms with van der Waals surface area (Å²) >= 11 is 6.73. The SMILES string of the molecule is N#Cc1c(Br)c(Br)n(Cc2ccccc2)c1-c1ccccc1C(F)(F)F. The lowest BCUT2D eigenvalue weighted by atomic mass is 10.0. The predicted octanol–water partition coefficient (Wildman–Crippen LogP) is 6.62. The van der Waals surface area contributed by atoms with E-state index >= 15 is 0 Å². The maximum atomic E-state index is 13.5. The van der Waals surface area contributed by atoms with Crippen LogP contribution in [0.25, 0.3) is 11.3 Å². The van der Waals surface area contributed by atoms with Gasteiger partial charge in [0.25, 0.3) is 0 Å². The molecule has 0 radical (unpaired) electrons. The zero-order valence-corrected chi connectivity index (χ0v) is 16.4. The molecule has 3 aromatic rings. The van der Waals surface area contributed by atoms with Gasteiger partial charge in [-0.05, 0) is 43.5 Å². The molecule has 7 heteroatoms. The van der Waals surface area contributed by atoms with Crippen LogP contribution in [0.3, 0.4) is 0 Å². The van der Waals surface area contributed by atoms with Crippen LogP contribution >= 0.6 is 31.9 Å². The average molecular weight is 484 g/mol. The molecule has 0 spiro atoms. The van der Waals surface area contributed by atoms with Crippen molar-refractivity contribution in [2.45, 2.75) is 12.7 Å². The van der Waals surface area contributed by atoms with Gasteiger partial charge in [-0.15, -0.1) is 0 Å². The Morgan fingerprint density at radius 1 is 0.962 bits per heavy atom. The molecule has 3 rings (SSSR count). The Morgan fingerprint density at radius 2 is 1.58 bits per heavy atom. The average Bonchev–Trinajstić information content (AvgIpc) is 2.86. The van der Waals surface area contributed by atoms with Crippen LogP contribution in [-0.2, 0) is 12.7 Å². The van der Waals surface area contributed by atoms with E-state index in [1.165, 1.54) is 18.2 Å². The minimum absolute atomic E-state index is 0.0288. The zero-order chi connectivity index (χ0) is 18.9. The molecule has 0 fully saturated rings. The molecule has 2 nitrogen and oxygen atoms in total. The van der Waals surface area contributed by atoms with Crippen molar-refractivity contribution in [2.75, 3.05) is 0 Å². The van der Waals surface area contributed by atoms with Crippen LogP contribution in [0.4, 0.5) is 13.2 Å². The van der Waals surface area contributed by atoms with Crippen LogP contribution < -0.4 is 0 Å². The van der Waals surface area contributed by atoms with Crippen molar-refractivity contribution in [1.82, 2.24) is 4.57 Å². The third-order valence-electron chi connectivity index (χ3n) is 3.93. The van der Waals surface area contributed by atoms with Gasteiger partial charge in [0, 0.05) is 12.1 Å². The van der Waals surface area contributed by atoms with E-state index in [4.69, 9.17) is 0 Å². The molecule has 0 amide bonds. The third-order valence-corrected chi connectivity index (χ3v) is 6.06. The second-order valence-corrected chi connectivity index (χ2v) is 7.10. The van der Waals surface area contributed by atoms with Gasteiger partial charge in [-0.3, -0.25) is 0 Å². The summed E-state index contributed by atoms with van der Waals surface area (Å²) in [4.78, 5) is 0. The molecule has 0 N–H and O–H groups in total. The highest BCUT2D eigenvalue weighted by atomic mass is 79.9. The Balaban J connectivity index is 2.29. The predicted molar refractivity (Wildman–Crippen MR) is 101 cm³/mol. The number of aromatic nitrogens is 1. The largest absolute Gasteiger partial charge is 0.417 e. The van der Waals surface area contributed by atoms with E-state index in [2.05, 4.69) is 31.9 Å². The molecule has 0 aliphatic carbocycles. The van der Waals surface area contributed by atoms with Crippen LogP contribution in [0, 0.1) is 11.3 Å². The number of benzene rings is 2. The molecule has 2 aromatic carbocycles. The number of rotatable bonds is 3. The van der Waals surface area contributed by atoms with Crippen molar-refractivity contribution >= 4 is 31.9 Å². The number of halogens is 5. The van der Waals surface area contributed by atoms with Crippen LogP contribution in [0.1, 0.15) is 16.7 Å². The number of hydrogen-bond donors (Lipinski definition) is 0. The molecule has 0 saturated heterocycles. The summed E-state index contributed by atoms with van der Waals surface area (Å²) in [6, 6.07) is 16.7. The monoisotopic (exact) mass is 482 g/mol. The van der Waals surface area contributed by atoms with Gasteiger partial charge < -0.3 is 4.57 Å². The van der Waals surface area contributed by atoms with E-state index in [0.29, 0.717) is 15.6 Å². The van der Waals surface area contributed by atoms with Gasteiger partial charge >= 0.3 is 6.18 Å². The number of alkyl halides is 3. The van der Waals surface area contributed by atoms with E-state index in [1.54, 1.807) is 4.57 Å². The third kappa shape index (κ3) is 3.44. The van der Waals surface area contributed by atoms with Crippen molar-refractivity contribution in [2.24, 2.45) is 0 Å². The Kier molecular flexibility index (Phi) is 5.26. The molecule has 0 unspecified atom stereocenters. The lowest BCUT2D eigenvalue weighted by Gasteiger charge is -2.16.